The fourth-order valence-electron chi connectivity index (χ4n) is 1.82. The minimum Gasteiger partial charge on any atom is -0.357 e. The maximum absolute atomic E-state index is 4.60. The maximum atomic E-state index is 4.60. The second-order valence-corrected chi connectivity index (χ2v) is 6.19. The van der Waals surface area contributed by atoms with E-state index >= 15 is 0 Å². The number of thioether (sulfide) groups is 1. The smallest absolute Gasteiger partial charge is 0.191 e. The highest BCUT2D eigenvalue weighted by Gasteiger charge is 1.99. The molecular formula is C16H22IN3S2. The Hall–Kier alpha value is -0.730. The van der Waals surface area contributed by atoms with Gasteiger partial charge in [0.15, 0.2) is 5.96 Å². The SMILES string of the molecule is CCNC(=NCc1ccsc1)NCc1ccc(SC)cc1.I. The van der Waals surface area contributed by atoms with Gasteiger partial charge in [-0.25, -0.2) is 4.99 Å². The van der Waals surface area contributed by atoms with Gasteiger partial charge in [0, 0.05) is 18.0 Å². The van der Waals surface area contributed by atoms with Gasteiger partial charge in [0.25, 0.3) is 0 Å². The molecule has 0 saturated heterocycles. The monoisotopic (exact) mass is 447 g/mol. The van der Waals surface area contributed by atoms with E-state index in [-0.39, 0.29) is 24.0 Å². The van der Waals surface area contributed by atoms with Gasteiger partial charge in [0.2, 0.25) is 0 Å². The molecule has 0 fully saturated rings. The maximum Gasteiger partial charge on any atom is 0.191 e. The zero-order valence-electron chi connectivity index (χ0n) is 12.8. The molecule has 0 saturated carbocycles. The molecule has 0 radical (unpaired) electrons. The van der Waals surface area contributed by atoms with E-state index in [4.69, 9.17) is 0 Å². The van der Waals surface area contributed by atoms with Gasteiger partial charge in [-0.15, -0.1) is 35.7 Å². The van der Waals surface area contributed by atoms with E-state index < -0.39 is 0 Å². The van der Waals surface area contributed by atoms with E-state index in [1.807, 2.05) is 0 Å². The zero-order chi connectivity index (χ0) is 14.9. The van der Waals surface area contributed by atoms with E-state index in [0.29, 0.717) is 6.54 Å². The Kier molecular flexibility index (Phi) is 9.58. The van der Waals surface area contributed by atoms with Crippen LogP contribution in [0.5, 0.6) is 0 Å². The first-order chi connectivity index (χ1) is 10.3. The molecule has 0 atom stereocenters. The molecule has 0 aliphatic rings. The summed E-state index contributed by atoms with van der Waals surface area (Å²) in [6, 6.07) is 10.7. The molecule has 0 amide bonds. The van der Waals surface area contributed by atoms with Crippen LogP contribution in [-0.4, -0.2) is 18.8 Å². The fourth-order valence-corrected chi connectivity index (χ4v) is 2.89. The standard InChI is InChI=1S/C16H21N3S2.HI/c1-3-17-16(19-11-14-8-9-21-12-14)18-10-13-4-6-15(20-2)7-5-13;/h4-9,12H,3,10-11H2,1-2H3,(H2,17,18,19);1H. The fraction of sp³-hybridized carbons (Fsp3) is 0.312. The first-order valence-electron chi connectivity index (χ1n) is 6.98. The van der Waals surface area contributed by atoms with Crippen LogP contribution in [0.2, 0.25) is 0 Å². The highest BCUT2D eigenvalue weighted by atomic mass is 127. The molecule has 120 valence electrons. The molecule has 2 rings (SSSR count). The number of rotatable bonds is 6. The number of aliphatic imine (C=N–C) groups is 1. The number of hydrogen-bond donors (Lipinski definition) is 2. The number of halogens is 1. The third-order valence-electron chi connectivity index (χ3n) is 2.96. The lowest BCUT2D eigenvalue weighted by molar-refractivity contribution is 0.816. The highest BCUT2D eigenvalue weighted by Crippen LogP contribution is 2.14. The molecule has 0 bridgehead atoms. The van der Waals surface area contributed by atoms with E-state index in [1.165, 1.54) is 16.0 Å². The molecule has 1 heterocycles. The van der Waals surface area contributed by atoms with Crippen LogP contribution in [0, 0.1) is 0 Å². The largest absolute Gasteiger partial charge is 0.357 e. The van der Waals surface area contributed by atoms with Crippen LogP contribution in [0.4, 0.5) is 0 Å². The lowest BCUT2D eigenvalue weighted by atomic mass is 10.2. The second-order valence-electron chi connectivity index (χ2n) is 4.53. The molecule has 22 heavy (non-hydrogen) atoms. The van der Waals surface area contributed by atoms with E-state index in [2.05, 4.69) is 69.9 Å². The van der Waals surface area contributed by atoms with Gasteiger partial charge < -0.3 is 10.6 Å². The van der Waals surface area contributed by atoms with Crippen LogP contribution < -0.4 is 10.6 Å². The Labute approximate surface area is 158 Å². The van der Waals surface area contributed by atoms with Crippen molar-refractivity contribution in [3.8, 4) is 0 Å². The second kappa shape index (κ2) is 10.9. The van der Waals surface area contributed by atoms with E-state index in [1.54, 1.807) is 23.1 Å². The Morgan fingerprint density at radius 3 is 2.50 bits per heavy atom. The molecule has 0 aliphatic carbocycles. The van der Waals surface area contributed by atoms with Gasteiger partial charge in [-0.05, 0) is 53.3 Å². The van der Waals surface area contributed by atoms with E-state index in [0.717, 1.165) is 19.0 Å². The van der Waals surface area contributed by atoms with Crippen molar-refractivity contribution in [3.05, 3.63) is 52.2 Å². The van der Waals surface area contributed by atoms with Crippen LogP contribution in [0.15, 0.2) is 51.0 Å². The zero-order valence-corrected chi connectivity index (χ0v) is 16.8. The van der Waals surface area contributed by atoms with Gasteiger partial charge in [-0.3, -0.25) is 0 Å². The summed E-state index contributed by atoms with van der Waals surface area (Å²) in [6.07, 6.45) is 2.09. The Morgan fingerprint density at radius 2 is 1.91 bits per heavy atom. The van der Waals surface area contributed by atoms with Crippen molar-refractivity contribution in [2.75, 3.05) is 12.8 Å². The Balaban J connectivity index is 0.00000242. The van der Waals surface area contributed by atoms with Crippen molar-refractivity contribution in [1.29, 1.82) is 0 Å². The lowest BCUT2D eigenvalue weighted by Gasteiger charge is -2.11. The predicted octanol–water partition coefficient (Wildman–Crippen LogP) is 4.34. The Bertz CT molecular complexity index is 553. The molecule has 1 aromatic heterocycles. The quantitative estimate of drug-likeness (QED) is 0.299. The van der Waals surface area contributed by atoms with Crippen molar-refractivity contribution in [3.63, 3.8) is 0 Å². The highest BCUT2D eigenvalue weighted by molar-refractivity contribution is 14.0. The molecule has 0 aliphatic heterocycles. The topological polar surface area (TPSA) is 36.4 Å². The van der Waals surface area contributed by atoms with Crippen LogP contribution in [0.3, 0.4) is 0 Å². The van der Waals surface area contributed by atoms with Crippen molar-refractivity contribution in [1.82, 2.24) is 10.6 Å². The molecule has 2 aromatic rings. The van der Waals surface area contributed by atoms with Gasteiger partial charge in [-0.1, -0.05) is 12.1 Å². The first-order valence-corrected chi connectivity index (χ1v) is 9.14. The number of thiophene rings is 1. The first kappa shape index (κ1) is 19.3. The lowest BCUT2D eigenvalue weighted by Crippen LogP contribution is -2.36. The summed E-state index contributed by atoms with van der Waals surface area (Å²) in [5, 5.41) is 10.9. The molecule has 2 N–H and O–H groups in total. The molecule has 6 heteroatoms. The minimum atomic E-state index is 0. The minimum absolute atomic E-state index is 0. The number of nitrogens with one attached hydrogen (secondary N) is 2. The van der Waals surface area contributed by atoms with Gasteiger partial charge in [-0.2, -0.15) is 11.3 Å². The normalized spacial score (nSPS) is 10.9. The summed E-state index contributed by atoms with van der Waals surface area (Å²) in [7, 11) is 0. The summed E-state index contributed by atoms with van der Waals surface area (Å²) < 4.78 is 0. The Morgan fingerprint density at radius 1 is 1.14 bits per heavy atom. The molecule has 3 nitrogen and oxygen atoms in total. The van der Waals surface area contributed by atoms with Crippen LogP contribution >= 0.6 is 47.1 Å². The van der Waals surface area contributed by atoms with Gasteiger partial charge in [0.1, 0.15) is 0 Å². The number of nitrogens with zero attached hydrogens (tertiary/aromatic N) is 1. The number of guanidine groups is 1. The summed E-state index contributed by atoms with van der Waals surface area (Å²) in [4.78, 5) is 5.89. The van der Waals surface area contributed by atoms with Gasteiger partial charge in [0.05, 0.1) is 6.54 Å². The van der Waals surface area contributed by atoms with Crippen LogP contribution in [-0.2, 0) is 13.1 Å². The average molecular weight is 447 g/mol. The molecule has 1 aromatic carbocycles. The summed E-state index contributed by atoms with van der Waals surface area (Å²) in [6.45, 7) is 4.43. The summed E-state index contributed by atoms with van der Waals surface area (Å²) in [5.41, 5.74) is 2.51. The molecule has 0 unspecified atom stereocenters. The number of hydrogen-bond acceptors (Lipinski definition) is 3. The molecule has 0 spiro atoms. The average Bonchev–Trinajstić information content (AvgIpc) is 3.04. The van der Waals surface area contributed by atoms with Crippen molar-refractivity contribution >= 4 is 53.0 Å². The van der Waals surface area contributed by atoms with Gasteiger partial charge >= 0.3 is 0 Å². The molecular weight excluding hydrogens is 425 g/mol. The third-order valence-corrected chi connectivity index (χ3v) is 4.44. The third kappa shape index (κ3) is 6.58. The van der Waals surface area contributed by atoms with Crippen molar-refractivity contribution in [2.24, 2.45) is 4.99 Å². The van der Waals surface area contributed by atoms with Crippen LogP contribution in [0.1, 0.15) is 18.1 Å². The van der Waals surface area contributed by atoms with Crippen LogP contribution in [0.25, 0.3) is 0 Å². The van der Waals surface area contributed by atoms with Crippen molar-refractivity contribution < 1.29 is 0 Å². The number of benzene rings is 1. The summed E-state index contributed by atoms with van der Waals surface area (Å²) in [5.74, 6) is 0.859. The van der Waals surface area contributed by atoms with E-state index in [9.17, 15) is 0 Å². The predicted molar refractivity (Wildman–Crippen MR) is 110 cm³/mol. The summed E-state index contributed by atoms with van der Waals surface area (Å²) >= 11 is 3.47. The van der Waals surface area contributed by atoms with Crippen molar-refractivity contribution in [2.45, 2.75) is 24.9 Å².